The van der Waals surface area contributed by atoms with Crippen molar-refractivity contribution in [3.63, 3.8) is 0 Å². The van der Waals surface area contributed by atoms with Gasteiger partial charge in [0.2, 0.25) is 0 Å². The van der Waals surface area contributed by atoms with E-state index in [0.717, 1.165) is 11.5 Å². The van der Waals surface area contributed by atoms with Crippen LogP contribution in [0.3, 0.4) is 0 Å². The molecule has 0 aliphatic rings. The zero-order valence-corrected chi connectivity index (χ0v) is 7.86. The summed E-state index contributed by atoms with van der Waals surface area (Å²) < 4.78 is 4.83. The lowest BCUT2D eigenvalue weighted by Crippen LogP contribution is -2.40. The van der Waals surface area contributed by atoms with Gasteiger partial charge in [-0.15, -0.1) is 0 Å². The Morgan fingerprint density at radius 3 is 3.07 bits per heavy atom. The summed E-state index contributed by atoms with van der Waals surface area (Å²) in [5, 5.41) is 15.1. The molecule has 0 amide bonds. The van der Waals surface area contributed by atoms with Gasteiger partial charge < -0.3 is 20.7 Å². The minimum absolute atomic E-state index is 0.210. The van der Waals surface area contributed by atoms with Crippen molar-refractivity contribution in [1.82, 2.24) is 10.5 Å². The first-order chi connectivity index (χ1) is 6.59. The molecular weight excluding hydrogens is 186 g/mol. The molecule has 0 saturated heterocycles. The van der Waals surface area contributed by atoms with E-state index < -0.39 is 12.0 Å². The Bertz CT molecular complexity index is 311. The zero-order chi connectivity index (χ0) is 10.6. The molecule has 0 radical (unpaired) electrons. The summed E-state index contributed by atoms with van der Waals surface area (Å²) in [5.41, 5.74) is 6.02. The highest BCUT2D eigenvalue weighted by atomic mass is 16.5. The van der Waals surface area contributed by atoms with Crippen LogP contribution in [0.4, 0.5) is 0 Å². The molecule has 6 heteroatoms. The number of hydrogen-bond acceptors (Lipinski definition) is 5. The van der Waals surface area contributed by atoms with E-state index in [1.165, 1.54) is 0 Å². The van der Waals surface area contributed by atoms with Crippen molar-refractivity contribution in [2.45, 2.75) is 19.5 Å². The minimum Gasteiger partial charge on any atom is -0.480 e. The Kier molecular flexibility index (Phi) is 3.61. The number of aromatic nitrogens is 1. The molecule has 4 N–H and O–H groups in total. The minimum atomic E-state index is -1.02. The lowest BCUT2D eigenvalue weighted by Gasteiger charge is -2.05. The van der Waals surface area contributed by atoms with Gasteiger partial charge in [0.25, 0.3) is 0 Å². The maximum atomic E-state index is 10.3. The molecule has 0 aliphatic heterocycles. The Hall–Kier alpha value is -1.40. The third-order valence-electron chi connectivity index (χ3n) is 1.66. The molecule has 0 fully saturated rings. The Morgan fingerprint density at radius 1 is 1.86 bits per heavy atom. The molecule has 1 unspecified atom stereocenters. The van der Waals surface area contributed by atoms with E-state index in [4.69, 9.17) is 15.4 Å². The monoisotopic (exact) mass is 199 g/mol. The highest BCUT2D eigenvalue weighted by Gasteiger charge is 2.10. The summed E-state index contributed by atoms with van der Waals surface area (Å²) in [6.07, 6.45) is 0. The molecule has 1 atom stereocenters. The standard InChI is InChI=1S/C8H13N3O3/c1-5-2-6(11-14-5)3-10-4-7(9)8(12)13/h2,7,10H,3-4,9H2,1H3,(H,12,13). The molecule has 1 heterocycles. The maximum absolute atomic E-state index is 10.3. The van der Waals surface area contributed by atoms with Gasteiger partial charge in [0.1, 0.15) is 11.8 Å². The molecule has 1 rings (SSSR count). The van der Waals surface area contributed by atoms with Gasteiger partial charge in [0.05, 0.1) is 5.69 Å². The molecule has 14 heavy (non-hydrogen) atoms. The topological polar surface area (TPSA) is 101 Å². The number of aryl methyl sites for hydroxylation is 1. The van der Waals surface area contributed by atoms with E-state index in [9.17, 15) is 4.79 Å². The van der Waals surface area contributed by atoms with Gasteiger partial charge in [-0.2, -0.15) is 0 Å². The van der Waals surface area contributed by atoms with Crippen molar-refractivity contribution in [2.75, 3.05) is 6.54 Å². The molecule has 0 aromatic carbocycles. The largest absolute Gasteiger partial charge is 0.480 e. The first kappa shape index (κ1) is 10.7. The summed E-state index contributed by atoms with van der Waals surface area (Å²) in [6, 6.07) is 0.891. The van der Waals surface area contributed by atoms with Crippen molar-refractivity contribution < 1.29 is 14.4 Å². The van der Waals surface area contributed by atoms with Crippen LogP contribution in [0.1, 0.15) is 11.5 Å². The lowest BCUT2D eigenvalue weighted by atomic mass is 10.3. The van der Waals surface area contributed by atoms with Crippen LogP contribution in [-0.2, 0) is 11.3 Å². The van der Waals surface area contributed by atoms with Gasteiger partial charge in [0.15, 0.2) is 0 Å². The van der Waals surface area contributed by atoms with Gasteiger partial charge in [-0.1, -0.05) is 5.16 Å². The molecule has 78 valence electrons. The van der Waals surface area contributed by atoms with Gasteiger partial charge in [-0.05, 0) is 6.92 Å². The van der Waals surface area contributed by atoms with Crippen LogP contribution in [0, 0.1) is 6.92 Å². The predicted octanol–water partition coefficient (Wildman–Crippen LogP) is -0.515. The van der Waals surface area contributed by atoms with Crippen molar-refractivity contribution in [3.05, 3.63) is 17.5 Å². The summed E-state index contributed by atoms with van der Waals surface area (Å²) in [5.74, 6) is -0.293. The SMILES string of the molecule is Cc1cc(CNCC(N)C(=O)O)no1. The number of hydrogen-bond donors (Lipinski definition) is 3. The Morgan fingerprint density at radius 2 is 2.57 bits per heavy atom. The average Bonchev–Trinajstić information content (AvgIpc) is 2.51. The van der Waals surface area contributed by atoms with Crippen molar-refractivity contribution >= 4 is 5.97 Å². The van der Waals surface area contributed by atoms with Crippen LogP contribution in [0.5, 0.6) is 0 Å². The van der Waals surface area contributed by atoms with Crippen LogP contribution >= 0.6 is 0 Å². The third-order valence-corrected chi connectivity index (χ3v) is 1.66. The summed E-state index contributed by atoms with van der Waals surface area (Å²) in [4.78, 5) is 10.3. The van der Waals surface area contributed by atoms with E-state index in [1.54, 1.807) is 13.0 Å². The maximum Gasteiger partial charge on any atom is 0.321 e. The van der Waals surface area contributed by atoms with Crippen LogP contribution in [0.2, 0.25) is 0 Å². The number of carbonyl (C=O) groups is 1. The van der Waals surface area contributed by atoms with Crippen LogP contribution < -0.4 is 11.1 Å². The number of nitrogens with zero attached hydrogens (tertiary/aromatic N) is 1. The number of nitrogens with two attached hydrogens (primary N) is 1. The van der Waals surface area contributed by atoms with E-state index in [0.29, 0.717) is 6.54 Å². The van der Waals surface area contributed by atoms with E-state index in [1.807, 2.05) is 0 Å². The van der Waals surface area contributed by atoms with Gasteiger partial charge in [-0.3, -0.25) is 4.79 Å². The highest BCUT2D eigenvalue weighted by Crippen LogP contribution is 2.00. The zero-order valence-electron chi connectivity index (χ0n) is 7.86. The fraction of sp³-hybridized carbons (Fsp3) is 0.500. The summed E-state index contributed by atoms with van der Waals surface area (Å²) in [6.45, 7) is 2.46. The van der Waals surface area contributed by atoms with Gasteiger partial charge in [0, 0.05) is 19.2 Å². The molecule has 0 spiro atoms. The van der Waals surface area contributed by atoms with Gasteiger partial charge in [-0.25, -0.2) is 0 Å². The Balaban J connectivity index is 2.25. The number of nitrogens with one attached hydrogen (secondary N) is 1. The van der Waals surface area contributed by atoms with Crippen molar-refractivity contribution in [1.29, 1.82) is 0 Å². The van der Waals surface area contributed by atoms with E-state index >= 15 is 0 Å². The second-order valence-electron chi connectivity index (χ2n) is 3.00. The number of aliphatic carboxylic acids is 1. The molecule has 0 aliphatic carbocycles. The predicted molar refractivity (Wildman–Crippen MR) is 48.6 cm³/mol. The molecular formula is C8H13N3O3. The fourth-order valence-electron chi connectivity index (χ4n) is 0.944. The van der Waals surface area contributed by atoms with Crippen LogP contribution in [0.25, 0.3) is 0 Å². The normalized spacial score (nSPS) is 12.7. The molecule has 0 saturated carbocycles. The number of rotatable bonds is 5. The summed E-state index contributed by atoms with van der Waals surface area (Å²) in [7, 11) is 0. The second kappa shape index (κ2) is 4.73. The van der Waals surface area contributed by atoms with Crippen molar-refractivity contribution in [2.24, 2.45) is 5.73 Å². The van der Waals surface area contributed by atoms with Crippen LogP contribution in [0.15, 0.2) is 10.6 Å². The van der Waals surface area contributed by atoms with E-state index in [-0.39, 0.29) is 6.54 Å². The van der Waals surface area contributed by atoms with Crippen molar-refractivity contribution in [3.8, 4) is 0 Å². The van der Waals surface area contributed by atoms with Crippen LogP contribution in [-0.4, -0.2) is 28.8 Å². The van der Waals surface area contributed by atoms with Gasteiger partial charge >= 0.3 is 5.97 Å². The second-order valence-corrected chi connectivity index (χ2v) is 3.00. The van der Waals surface area contributed by atoms with E-state index in [2.05, 4.69) is 10.5 Å². The first-order valence-corrected chi connectivity index (χ1v) is 4.21. The molecule has 1 aromatic rings. The first-order valence-electron chi connectivity index (χ1n) is 4.21. The quantitative estimate of drug-likeness (QED) is 0.590. The Labute approximate surface area is 81.1 Å². The average molecular weight is 199 g/mol. The number of carboxylic acids is 1. The third kappa shape index (κ3) is 3.15. The fourth-order valence-corrected chi connectivity index (χ4v) is 0.944. The molecule has 1 aromatic heterocycles. The lowest BCUT2D eigenvalue weighted by molar-refractivity contribution is -0.138. The highest BCUT2D eigenvalue weighted by molar-refractivity contribution is 5.73. The molecule has 0 bridgehead atoms. The molecule has 6 nitrogen and oxygen atoms in total. The number of carboxylic acid groups (broad SMARTS) is 1. The smallest absolute Gasteiger partial charge is 0.321 e. The summed E-state index contributed by atoms with van der Waals surface area (Å²) >= 11 is 0.